The molecule has 142 valence electrons. The molecule has 0 aliphatic carbocycles. The van der Waals surface area contributed by atoms with Crippen molar-refractivity contribution in [1.82, 2.24) is 5.32 Å². The van der Waals surface area contributed by atoms with Gasteiger partial charge in [0.15, 0.2) is 0 Å². The largest absolute Gasteiger partial charge is 0.487 e. The second-order valence-electron chi connectivity index (χ2n) is 7.27. The van der Waals surface area contributed by atoms with E-state index in [1.54, 1.807) is 0 Å². The molecule has 1 aliphatic heterocycles. The Morgan fingerprint density at radius 3 is 2.54 bits per heavy atom. The van der Waals surface area contributed by atoms with Crippen LogP contribution in [0.4, 0.5) is 4.79 Å². The predicted octanol–water partition coefficient (Wildman–Crippen LogP) is 4.84. The molecule has 0 bridgehead atoms. The van der Waals surface area contributed by atoms with E-state index in [4.69, 9.17) is 4.74 Å². The summed E-state index contributed by atoms with van der Waals surface area (Å²) in [6, 6.07) is 24.1. The summed E-state index contributed by atoms with van der Waals surface area (Å²) in [5.74, 6) is 0.863. The fraction of sp³-hybridized carbons (Fsp3) is 0.208. The Balaban J connectivity index is 1.61. The Hall–Kier alpha value is -3.27. The van der Waals surface area contributed by atoms with Gasteiger partial charge in [-0.25, -0.2) is 4.79 Å². The highest BCUT2D eigenvalue weighted by atomic mass is 16.5. The molecule has 4 rings (SSSR count). The first-order valence-corrected chi connectivity index (χ1v) is 9.49. The van der Waals surface area contributed by atoms with Crippen molar-refractivity contribution < 1.29 is 14.6 Å². The van der Waals surface area contributed by atoms with Crippen LogP contribution < -0.4 is 10.1 Å². The summed E-state index contributed by atoms with van der Waals surface area (Å²) < 4.78 is 6.33. The van der Waals surface area contributed by atoms with Crippen LogP contribution in [-0.2, 0) is 12.8 Å². The molecule has 0 radical (unpaired) electrons. The third kappa shape index (κ3) is 3.86. The summed E-state index contributed by atoms with van der Waals surface area (Å²) in [5, 5.41) is 12.0. The Kier molecular flexibility index (Phi) is 5.02. The Labute approximate surface area is 164 Å². The van der Waals surface area contributed by atoms with Crippen molar-refractivity contribution in [3.8, 4) is 16.9 Å². The zero-order valence-corrected chi connectivity index (χ0v) is 15.8. The van der Waals surface area contributed by atoms with E-state index in [1.807, 2.05) is 36.4 Å². The number of fused-ring (bicyclic) bond motifs is 1. The van der Waals surface area contributed by atoms with Crippen LogP contribution in [0.25, 0.3) is 11.1 Å². The molecule has 2 atom stereocenters. The molecule has 1 heterocycles. The van der Waals surface area contributed by atoms with Crippen molar-refractivity contribution in [3.63, 3.8) is 0 Å². The molecule has 0 fully saturated rings. The molecule has 0 saturated carbocycles. The van der Waals surface area contributed by atoms with Gasteiger partial charge in [0.05, 0.1) is 6.04 Å². The molecular weight excluding hydrogens is 350 g/mol. The molecule has 0 aromatic heterocycles. The first kappa shape index (κ1) is 18.1. The number of ether oxygens (including phenoxy) is 1. The van der Waals surface area contributed by atoms with Gasteiger partial charge < -0.3 is 15.2 Å². The average molecular weight is 373 g/mol. The quantitative estimate of drug-likeness (QED) is 0.672. The van der Waals surface area contributed by atoms with E-state index in [0.29, 0.717) is 12.8 Å². The number of amides is 1. The maximum atomic E-state index is 11.4. The first-order chi connectivity index (χ1) is 13.6. The van der Waals surface area contributed by atoms with Crippen LogP contribution in [0.2, 0.25) is 0 Å². The third-order valence-electron chi connectivity index (χ3n) is 5.21. The fourth-order valence-corrected chi connectivity index (χ4v) is 3.78. The van der Waals surface area contributed by atoms with E-state index in [0.717, 1.165) is 28.0 Å². The van der Waals surface area contributed by atoms with Crippen LogP contribution in [-0.4, -0.2) is 23.3 Å². The first-order valence-electron chi connectivity index (χ1n) is 9.49. The van der Waals surface area contributed by atoms with Crippen LogP contribution in [0, 0.1) is 6.92 Å². The van der Waals surface area contributed by atoms with Crippen LogP contribution in [0.5, 0.6) is 5.75 Å². The molecule has 1 aliphatic rings. The summed E-state index contributed by atoms with van der Waals surface area (Å²) >= 11 is 0. The third-order valence-corrected chi connectivity index (χ3v) is 5.21. The molecule has 4 nitrogen and oxygen atoms in total. The van der Waals surface area contributed by atoms with E-state index in [-0.39, 0.29) is 12.1 Å². The number of hydrogen-bond acceptors (Lipinski definition) is 2. The van der Waals surface area contributed by atoms with Crippen molar-refractivity contribution >= 4 is 6.09 Å². The number of rotatable bonds is 5. The van der Waals surface area contributed by atoms with Crippen LogP contribution >= 0.6 is 0 Å². The van der Waals surface area contributed by atoms with Gasteiger partial charge in [0.2, 0.25) is 0 Å². The Morgan fingerprint density at radius 2 is 1.82 bits per heavy atom. The van der Waals surface area contributed by atoms with Crippen molar-refractivity contribution in [1.29, 1.82) is 0 Å². The van der Waals surface area contributed by atoms with Crippen molar-refractivity contribution in [2.45, 2.75) is 31.9 Å². The van der Waals surface area contributed by atoms with Gasteiger partial charge >= 0.3 is 6.09 Å². The molecule has 4 heteroatoms. The minimum Gasteiger partial charge on any atom is -0.487 e. The summed E-state index contributed by atoms with van der Waals surface area (Å²) in [5.41, 5.74) is 5.57. The number of aryl methyl sites for hydroxylation is 1. The van der Waals surface area contributed by atoms with Crippen molar-refractivity contribution in [3.05, 3.63) is 89.5 Å². The highest BCUT2D eigenvalue weighted by Gasteiger charge is 2.33. The molecule has 3 aromatic rings. The van der Waals surface area contributed by atoms with Crippen molar-refractivity contribution in [2.75, 3.05) is 0 Å². The Bertz CT molecular complexity index is 967. The number of benzene rings is 3. The number of para-hydroxylation sites is 1. The van der Waals surface area contributed by atoms with Gasteiger partial charge in [-0.1, -0.05) is 78.4 Å². The van der Waals surface area contributed by atoms with Gasteiger partial charge in [-0.2, -0.15) is 0 Å². The summed E-state index contributed by atoms with van der Waals surface area (Å²) in [6.07, 6.45) is 0.00974. The normalized spacial score (nSPS) is 16.1. The lowest BCUT2D eigenvalue weighted by Crippen LogP contribution is -2.46. The fourth-order valence-electron chi connectivity index (χ4n) is 3.78. The molecule has 2 unspecified atom stereocenters. The predicted molar refractivity (Wildman–Crippen MR) is 110 cm³/mol. The van der Waals surface area contributed by atoms with Gasteiger partial charge in [0.1, 0.15) is 11.9 Å². The van der Waals surface area contributed by atoms with E-state index in [1.165, 1.54) is 5.56 Å². The summed E-state index contributed by atoms with van der Waals surface area (Å²) in [6.45, 7) is 2.07. The zero-order chi connectivity index (χ0) is 19.5. The van der Waals surface area contributed by atoms with E-state index in [9.17, 15) is 9.90 Å². The van der Waals surface area contributed by atoms with E-state index < -0.39 is 6.09 Å². The highest BCUT2D eigenvalue weighted by molar-refractivity contribution is 5.73. The number of carboxylic acid groups (broad SMARTS) is 1. The smallest absolute Gasteiger partial charge is 0.405 e. The van der Waals surface area contributed by atoms with Crippen LogP contribution in [0.3, 0.4) is 0 Å². The SMILES string of the molecule is Cc1ccc(-c2cccc3c2OC(C(Cc2ccccc2)NC(=O)O)C3)cc1. The van der Waals surface area contributed by atoms with Crippen LogP contribution in [0.1, 0.15) is 16.7 Å². The highest BCUT2D eigenvalue weighted by Crippen LogP contribution is 2.39. The summed E-state index contributed by atoms with van der Waals surface area (Å²) in [7, 11) is 0. The molecule has 0 spiro atoms. The second-order valence-corrected chi connectivity index (χ2v) is 7.27. The number of hydrogen-bond donors (Lipinski definition) is 2. The number of nitrogens with one attached hydrogen (secondary N) is 1. The van der Waals surface area contributed by atoms with Gasteiger partial charge in [-0.15, -0.1) is 0 Å². The average Bonchev–Trinajstić information content (AvgIpc) is 3.13. The molecule has 3 aromatic carbocycles. The molecule has 28 heavy (non-hydrogen) atoms. The van der Waals surface area contributed by atoms with Crippen molar-refractivity contribution in [2.24, 2.45) is 0 Å². The molecular formula is C24H23NO3. The standard InChI is InChI=1S/C24H23NO3/c1-16-10-12-18(13-11-16)20-9-5-8-19-15-22(28-23(19)20)21(25-24(26)27)14-17-6-3-2-4-7-17/h2-13,21-22,25H,14-15H2,1H3,(H,26,27). The van der Waals surface area contributed by atoms with Crippen LogP contribution in [0.15, 0.2) is 72.8 Å². The lowest BCUT2D eigenvalue weighted by molar-refractivity contribution is 0.154. The van der Waals surface area contributed by atoms with Gasteiger partial charge in [0, 0.05) is 12.0 Å². The van der Waals surface area contributed by atoms with E-state index in [2.05, 4.69) is 48.6 Å². The minimum absolute atomic E-state index is 0.238. The molecule has 1 amide bonds. The minimum atomic E-state index is -1.03. The topological polar surface area (TPSA) is 58.6 Å². The number of carbonyl (C=O) groups is 1. The van der Waals surface area contributed by atoms with Gasteiger partial charge in [-0.3, -0.25) is 0 Å². The maximum absolute atomic E-state index is 11.4. The van der Waals surface area contributed by atoms with Gasteiger partial charge in [-0.05, 0) is 30.0 Å². The van der Waals surface area contributed by atoms with E-state index >= 15 is 0 Å². The Morgan fingerprint density at radius 1 is 1.07 bits per heavy atom. The zero-order valence-electron chi connectivity index (χ0n) is 15.8. The maximum Gasteiger partial charge on any atom is 0.405 e. The molecule has 2 N–H and O–H groups in total. The van der Waals surface area contributed by atoms with Gasteiger partial charge in [0.25, 0.3) is 0 Å². The monoisotopic (exact) mass is 373 g/mol. The molecule has 0 saturated heterocycles. The lowest BCUT2D eigenvalue weighted by atomic mass is 9.96. The summed E-state index contributed by atoms with van der Waals surface area (Å²) in [4.78, 5) is 11.4. The lowest BCUT2D eigenvalue weighted by Gasteiger charge is -2.23. The second kappa shape index (κ2) is 7.77.